The van der Waals surface area contributed by atoms with Gasteiger partial charge in [-0.1, -0.05) is 43.2 Å². The third kappa shape index (κ3) is 2.44. The van der Waals surface area contributed by atoms with Crippen LogP contribution >= 0.6 is 0 Å². The quantitative estimate of drug-likeness (QED) is 0.831. The SMILES string of the molecule is CN1[C@H]2CCCCCN[C@@]2(C)C[C@H]1c1ccccc1. The predicted molar refractivity (Wildman–Crippen MR) is 80.2 cm³/mol. The summed E-state index contributed by atoms with van der Waals surface area (Å²) in [5.74, 6) is 0. The smallest absolute Gasteiger partial charge is 0.0366 e. The maximum Gasteiger partial charge on any atom is 0.0366 e. The Morgan fingerprint density at radius 3 is 2.74 bits per heavy atom. The zero-order valence-electron chi connectivity index (χ0n) is 12.2. The van der Waals surface area contributed by atoms with E-state index in [1.165, 1.54) is 44.2 Å². The van der Waals surface area contributed by atoms with Crippen molar-refractivity contribution in [2.24, 2.45) is 0 Å². The van der Waals surface area contributed by atoms with Crippen LogP contribution in [0.3, 0.4) is 0 Å². The molecular formula is C17H26N2. The monoisotopic (exact) mass is 258 g/mol. The van der Waals surface area contributed by atoms with E-state index in [0.717, 1.165) is 0 Å². The third-order valence-corrected chi connectivity index (χ3v) is 5.20. The molecule has 2 aliphatic heterocycles. The lowest BCUT2D eigenvalue weighted by atomic mass is 9.85. The lowest BCUT2D eigenvalue weighted by molar-refractivity contribution is 0.176. The molecule has 1 aromatic carbocycles. The van der Waals surface area contributed by atoms with Crippen LogP contribution in [-0.4, -0.2) is 30.1 Å². The van der Waals surface area contributed by atoms with Crippen molar-refractivity contribution >= 4 is 0 Å². The normalized spacial score (nSPS) is 36.5. The van der Waals surface area contributed by atoms with Crippen LogP contribution < -0.4 is 5.32 Å². The molecule has 1 N–H and O–H groups in total. The molecule has 19 heavy (non-hydrogen) atoms. The molecule has 1 aromatic rings. The number of nitrogens with zero attached hydrogens (tertiary/aromatic N) is 1. The van der Waals surface area contributed by atoms with E-state index in [0.29, 0.717) is 12.1 Å². The molecule has 2 heterocycles. The van der Waals surface area contributed by atoms with Crippen molar-refractivity contribution in [1.82, 2.24) is 10.2 Å². The van der Waals surface area contributed by atoms with E-state index in [4.69, 9.17) is 0 Å². The number of hydrogen-bond acceptors (Lipinski definition) is 2. The average molecular weight is 258 g/mol. The van der Waals surface area contributed by atoms with Gasteiger partial charge in [-0.25, -0.2) is 0 Å². The Bertz CT molecular complexity index is 417. The van der Waals surface area contributed by atoms with Crippen LogP contribution in [0, 0.1) is 0 Å². The first kappa shape index (κ1) is 13.1. The fourth-order valence-electron chi connectivity index (χ4n) is 4.10. The molecule has 104 valence electrons. The molecule has 0 aromatic heterocycles. The van der Waals surface area contributed by atoms with Gasteiger partial charge in [0.1, 0.15) is 0 Å². The van der Waals surface area contributed by atoms with Crippen LogP contribution in [0.4, 0.5) is 0 Å². The van der Waals surface area contributed by atoms with Crippen LogP contribution in [0.15, 0.2) is 30.3 Å². The van der Waals surface area contributed by atoms with Gasteiger partial charge in [-0.05, 0) is 45.3 Å². The summed E-state index contributed by atoms with van der Waals surface area (Å²) in [6, 6.07) is 12.3. The van der Waals surface area contributed by atoms with Gasteiger partial charge in [0.2, 0.25) is 0 Å². The maximum atomic E-state index is 3.85. The standard InChI is InChI=1S/C17H26N2/c1-17-13-15(14-9-5-3-6-10-14)19(2)16(17)11-7-4-8-12-18-17/h3,5-6,9-10,15-16,18H,4,7-8,11-13H2,1-2H3/t15-,16-,17-/m0/s1. The summed E-state index contributed by atoms with van der Waals surface area (Å²) >= 11 is 0. The molecule has 0 saturated carbocycles. The fraction of sp³-hybridized carbons (Fsp3) is 0.647. The van der Waals surface area contributed by atoms with E-state index in [1.807, 2.05) is 0 Å². The minimum Gasteiger partial charge on any atom is -0.310 e. The molecule has 0 bridgehead atoms. The highest BCUT2D eigenvalue weighted by Crippen LogP contribution is 2.43. The lowest BCUT2D eigenvalue weighted by Gasteiger charge is -2.37. The predicted octanol–water partition coefficient (Wildman–Crippen LogP) is 3.35. The van der Waals surface area contributed by atoms with Gasteiger partial charge in [0, 0.05) is 17.6 Å². The zero-order chi connectivity index (χ0) is 13.3. The van der Waals surface area contributed by atoms with E-state index in [2.05, 4.69) is 54.5 Å². The van der Waals surface area contributed by atoms with Crippen molar-refractivity contribution in [2.45, 2.75) is 56.7 Å². The molecule has 3 atom stereocenters. The highest BCUT2D eigenvalue weighted by atomic mass is 15.3. The summed E-state index contributed by atoms with van der Waals surface area (Å²) in [4.78, 5) is 2.62. The van der Waals surface area contributed by atoms with E-state index in [-0.39, 0.29) is 5.54 Å². The Morgan fingerprint density at radius 1 is 1.16 bits per heavy atom. The van der Waals surface area contributed by atoms with E-state index in [1.54, 1.807) is 0 Å². The second kappa shape index (κ2) is 5.26. The number of hydrogen-bond donors (Lipinski definition) is 1. The molecule has 2 nitrogen and oxygen atoms in total. The molecule has 3 rings (SSSR count). The lowest BCUT2D eigenvalue weighted by Crippen LogP contribution is -2.52. The molecule has 0 amide bonds. The van der Waals surface area contributed by atoms with Crippen molar-refractivity contribution in [3.05, 3.63) is 35.9 Å². The van der Waals surface area contributed by atoms with Crippen molar-refractivity contribution < 1.29 is 0 Å². The van der Waals surface area contributed by atoms with Crippen molar-refractivity contribution in [3.63, 3.8) is 0 Å². The van der Waals surface area contributed by atoms with Crippen molar-refractivity contribution in [2.75, 3.05) is 13.6 Å². The van der Waals surface area contributed by atoms with Crippen molar-refractivity contribution in [1.29, 1.82) is 0 Å². The fourth-order valence-corrected chi connectivity index (χ4v) is 4.10. The molecule has 0 radical (unpaired) electrons. The number of rotatable bonds is 1. The summed E-state index contributed by atoms with van der Waals surface area (Å²) in [5, 5.41) is 3.85. The number of fused-ring (bicyclic) bond motifs is 1. The second-order valence-corrected chi connectivity index (χ2v) is 6.51. The Hall–Kier alpha value is -0.860. The molecule has 2 fully saturated rings. The number of nitrogens with one attached hydrogen (secondary N) is 1. The topological polar surface area (TPSA) is 15.3 Å². The van der Waals surface area contributed by atoms with Crippen LogP contribution in [0.2, 0.25) is 0 Å². The number of likely N-dealkylation sites (tertiary alicyclic amines) is 1. The first-order valence-electron chi connectivity index (χ1n) is 7.73. The minimum atomic E-state index is 0.287. The first-order valence-corrected chi connectivity index (χ1v) is 7.73. The third-order valence-electron chi connectivity index (χ3n) is 5.20. The van der Waals surface area contributed by atoms with Gasteiger partial charge in [-0.3, -0.25) is 4.90 Å². The van der Waals surface area contributed by atoms with Gasteiger partial charge in [0.25, 0.3) is 0 Å². The van der Waals surface area contributed by atoms with Gasteiger partial charge in [0.15, 0.2) is 0 Å². The Labute approximate surface area is 117 Å². The summed E-state index contributed by atoms with van der Waals surface area (Å²) in [6.45, 7) is 3.62. The van der Waals surface area contributed by atoms with Crippen LogP contribution in [0.1, 0.15) is 50.6 Å². The van der Waals surface area contributed by atoms with Gasteiger partial charge in [-0.2, -0.15) is 0 Å². The van der Waals surface area contributed by atoms with Crippen LogP contribution in [0.5, 0.6) is 0 Å². The Balaban J connectivity index is 1.86. The summed E-state index contributed by atoms with van der Waals surface area (Å²) < 4.78 is 0. The van der Waals surface area contributed by atoms with E-state index < -0.39 is 0 Å². The number of benzene rings is 1. The highest BCUT2D eigenvalue weighted by molar-refractivity contribution is 5.23. The van der Waals surface area contributed by atoms with Gasteiger partial charge >= 0.3 is 0 Å². The van der Waals surface area contributed by atoms with Gasteiger partial charge in [-0.15, -0.1) is 0 Å². The molecule has 2 heteroatoms. The first-order chi connectivity index (χ1) is 9.21. The van der Waals surface area contributed by atoms with Gasteiger partial charge < -0.3 is 5.32 Å². The average Bonchev–Trinajstić information content (AvgIpc) is 2.64. The number of likely N-dealkylation sites (N-methyl/N-ethyl adjacent to an activating group) is 1. The van der Waals surface area contributed by atoms with Crippen molar-refractivity contribution in [3.8, 4) is 0 Å². The largest absolute Gasteiger partial charge is 0.310 e. The second-order valence-electron chi connectivity index (χ2n) is 6.51. The van der Waals surface area contributed by atoms with Crippen LogP contribution in [-0.2, 0) is 0 Å². The summed E-state index contributed by atoms with van der Waals surface area (Å²) in [5.41, 5.74) is 1.76. The maximum absolute atomic E-state index is 3.85. The molecule has 2 saturated heterocycles. The molecule has 0 unspecified atom stereocenters. The zero-order valence-corrected chi connectivity index (χ0v) is 12.2. The highest BCUT2D eigenvalue weighted by Gasteiger charge is 2.47. The molecule has 0 spiro atoms. The Kier molecular flexibility index (Phi) is 3.64. The molecule has 2 aliphatic rings. The van der Waals surface area contributed by atoms with Crippen LogP contribution in [0.25, 0.3) is 0 Å². The Morgan fingerprint density at radius 2 is 1.95 bits per heavy atom. The minimum absolute atomic E-state index is 0.287. The summed E-state index contributed by atoms with van der Waals surface area (Å²) in [7, 11) is 2.32. The van der Waals surface area contributed by atoms with Gasteiger partial charge in [0.05, 0.1) is 0 Å². The molecule has 0 aliphatic carbocycles. The van der Waals surface area contributed by atoms with E-state index >= 15 is 0 Å². The summed E-state index contributed by atoms with van der Waals surface area (Å²) in [6.07, 6.45) is 6.67. The van der Waals surface area contributed by atoms with E-state index in [9.17, 15) is 0 Å². The molecular weight excluding hydrogens is 232 g/mol.